The van der Waals surface area contributed by atoms with Gasteiger partial charge in [-0.2, -0.15) is 5.10 Å². The van der Waals surface area contributed by atoms with Crippen LogP contribution in [0.15, 0.2) is 115 Å². The summed E-state index contributed by atoms with van der Waals surface area (Å²) in [5.41, 5.74) is 1.94. The number of anilines is 2. The van der Waals surface area contributed by atoms with E-state index in [1.165, 1.54) is 11.8 Å². The maximum absolute atomic E-state index is 5.98. The van der Waals surface area contributed by atoms with Crippen LogP contribution in [0.5, 0.6) is 0 Å². The summed E-state index contributed by atoms with van der Waals surface area (Å²) in [6.45, 7) is 0. The third-order valence-electron chi connectivity index (χ3n) is 4.00. The summed E-state index contributed by atoms with van der Waals surface area (Å²) in [4.78, 5) is 1.04. The molecule has 0 saturated carbocycles. The molecule has 0 aliphatic carbocycles. The molecule has 3 aromatic carbocycles. The van der Waals surface area contributed by atoms with Crippen LogP contribution >= 0.6 is 39.3 Å². The van der Waals surface area contributed by atoms with E-state index in [-0.39, 0.29) is 0 Å². The summed E-state index contributed by atoms with van der Waals surface area (Å²) in [6, 6.07) is 29.6. The Labute approximate surface area is 187 Å². The molecule has 0 aliphatic heterocycles. The Morgan fingerprint density at radius 3 is 2.03 bits per heavy atom. The van der Waals surface area contributed by atoms with Crippen LogP contribution in [0.3, 0.4) is 0 Å². The molecule has 6 heteroatoms. The van der Waals surface area contributed by atoms with Crippen molar-refractivity contribution in [1.82, 2.24) is 0 Å². The molecule has 4 rings (SSSR count). The van der Waals surface area contributed by atoms with Gasteiger partial charge in [0, 0.05) is 16.0 Å². The molecule has 3 nitrogen and oxygen atoms in total. The number of halogens is 2. The molecule has 29 heavy (non-hydrogen) atoms. The number of furan rings is 1. The molecule has 0 radical (unpaired) electrons. The molecule has 0 N–H and O–H groups in total. The Hall–Kier alpha value is -2.47. The van der Waals surface area contributed by atoms with Gasteiger partial charge in [-0.15, -0.1) is 0 Å². The van der Waals surface area contributed by atoms with Crippen molar-refractivity contribution in [1.29, 1.82) is 0 Å². The first-order valence-corrected chi connectivity index (χ1v) is 10.8. The van der Waals surface area contributed by atoms with Gasteiger partial charge in [-0.3, -0.25) is 0 Å². The molecule has 4 aromatic rings. The Kier molecular flexibility index (Phi) is 6.39. The maximum Gasteiger partial charge on any atom is 0.180 e. The van der Waals surface area contributed by atoms with Crippen LogP contribution in [0.25, 0.3) is 0 Å². The lowest BCUT2D eigenvalue weighted by Crippen LogP contribution is -2.08. The lowest BCUT2D eigenvalue weighted by molar-refractivity contribution is 0.466. The molecular weight excluding hydrogens is 468 g/mol. The molecule has 0 unspecified atom stereocenters. The predicted octanol–water partition coefficient (Wildman–Crippen LogP) is 8.02. The number of benzene rings is 3. The third-order valence-corrected chi connectivity index (χ3v) is 6.10. The van der Waals surface area contributed by atoms with Gasteiger partial charge in [-0.05, 0) is 64.5 Å². The lowest BCUT2D eigenvalue weighted by atomic mass is 10.2. The number of hydrogen-bond acceptors (Lipinski definition) is 4. The van der Waals surface area contributed by atoms with Crippen LogP contribution in [-0.4, -0.2) is 6.21 Å². The Morgan fingerprint density at radius 2 is 1.45 bits per heavy atom. The van der Waals surface area contributed by atoms with E-state index in [1.807, 2.05) is 96.0 Å². The van der Waals surface area contributed by atoms with Gasteiger partial charge in [0.15, 0.2) is 5.09 Å². The maximum atomic E-state index is 5.98. The molecule has 0 spiro atoms. The summed E-state index contributed by atoms with van der Waals surface area (Å²) < 4.78 is 6.86. The molecule has 0 bridgehead atoms. The second-order valence-electron chi connectivity index (χ2n) is 6.07. The summed E-state index contributed by atoms with van der Waals surface area (Å²) >= 11 is 11.1. The van der Waals surface area contributed by atoms with Crippen LogP contribution < -0.4 is 5.01 Å². The van der Waals surface area contributed by atoms with Crippen LogP contribution in [0, 0.1) is 0 Å². The predicted molar refractivity (Wildman–Crippen MR) is 125 cm³/mol. The first-order valence-electron chi connectivity index (χ1n) is 8.86. The fourth-order valence-corrected chi connectivity index (χ4v) is 4.10. The monoisotopic (exact) mass is 482 g/mol. The minimum Gasteiger partial charge on any atom is -0.447 e. The summed E-state index contributed by atoms with van der Waals surface area (Å²) in [5, 5.41) is 8.03. The highest BCUT2D eigenvalue weighted by molar-refractivity contribution is 9.10. The highest BCUT2D eigenvalue weighted by Gasteiger charge is 2.11. The van der Waals surface area contributed by atoms with E-state index in [0.717, 1.165) is 25.8 Å². The molecule has 1 heterocycles. The molecule has 0 saturated heterocycles. The number of para-hydroxylation sites is 2. The number of hydrogen-bond donors (Lipinski definition) is 0. The van der Waals surface area contributed by atoms with Crippen LogP contribution in [0.1, 0.15) is 5.76 Å². The fourth-order valence-electron chi connectivity index (χ4n) is 2.65. The van der Waals surface area contributed by atoms with E-state index < -0.39 is 0 Å². The van der Waals surface area contributed by atoms with Gasteiger partial charge in [0.1, 0.15) is 5.76 Å². The summed E-state index contributed by atoms with van der Waals surface area (Å²) in [7, 11) is 0. The SMILES string of the molecule is Clc1ccc(Sc2oc(/C=N/N(c3ccccc3)c3ccccc3)cc2Br)cc1. The zero-order valence-electron chi connectivity index (χ0n) is 15.2. The first-order chi connectivity index (χ1) is 14.2. The molecule has 0 fully saturated rings. The molecule has 0 amide bonds. The smallest absolute Gasteiger partial charge is 0.180 e. The van der Waals surface area contributed by atoms with E-state index in [9.17, 15) is 0 Å². The molecule has 0 aliphatic rings. The van der Waals surface area contributed by atoms with Crippen molar-refractivity contribution in [3.63, 3.8) is 0 Å². The minimum atomic E-state index is 0.658. The average Bonchev–Trinajstić information content (AvgIpc) is 3.10. The second-order valence-corrected chi connectivity index (χ2v) is 8.40. The Morgan fingerprint density at radius 1 is 0.862 bits per heavy atom. The Balaban J connectivity index is 1.59. The highest BCUT2D eigenvalue weighted by Crippen LogP contribution is 2.36. The van der Waals surface area contributed by atoms with Gasteiger partial charge in [0.25, 0.3) is 0 Å². The highest BCUT2D eigenvalue weighted by atomic mass is 79.9. The van der Waals surface area contributed by atoms with Crippen LogP contribution in [-0.2, 0) is 0 Å². The third kappa shape index (κ3) is 5.12. The van der Waals surface area contributed by atoms with E-state index in [0.29, 0.717) is 10.8 Å². The van der Waals surface area contributed by atoms with Crippen LogP contribution in [0.2, 0.25) is 5.02 Å². The largest absolute Gasteiger partial charge is 0.447 e. The van der Waals surface area contributed by atoms with Gasteiger partial charge >= 0.3 is 0 Å². The van der Waals surface area contributed by atoms with Crippen molar-refractivity contribution in [3.05, 3.63) is 106 Å². The van der Waals surface area contributed by atoms with Crippen molar-refractivity contribution in [2.45, 2.75) is 9.99 Å². The number of rotatable bonds is 6. The summed E-state index contributed by atoms with van der Waals surface area (Å²) in [6.07, 6.45) is 1.72. The van der Waals surface area contributed by atoms with Crippen molar-refractivity contribution in [2.24, 2.45) is 5.10 Å². The summed E-state index contributed by atoms with van der Waals surface area (Å²) in [5.74, 6) is 0.658. The molecular formula is C23H16BrClN2OS. The molecule has 1 aromatic heterocycles. The first kappa shape index (κ1) is 19.8. The van der Waals surface area contributed by atoms with E-state index in [2.05, 4.69) is 21.0 Å². The minimum absolute atomic E-state index is 0.658. The van der Waals surface area contributed by atoms with Gasteiger partial charge in [-0.1, -0.05) is 59.8 Å². The van der Waals surface area contributed by atoms with Gasteiger partial charge in [-0.25, -0.2) is 5.01 Å². The quantitative estimate of drug-likeness (QED) is 0.205. The fraction of sp³-hybridized carbons (Fsp3) is 0. The van der Waals surface area contributed by atoms with Crippen molar-refractivity contribution >= 4 is 56.9 Å². The van der Waals surface area contributed by atoms with Crippen molar-refractivity contribution in [3.8, 4) is 0 Å². The van der Waals surface area contributed by atoms with E-state index in [1.54, 1.807) is 6.21 Å². The van der Waals surface area contributed by atoms with Gasteiger partial charge < -0.3 is 4.42 Å². The van der Waals surface area contributed by atoms with Crippen molar-refractivity contribution in [2.75, 3.05) is 5.01 Å². The van der Waals surface area contributed by atoms with E-state index in [4.69, 9.17) is 16.0 Å². The second kappa shape index (κ2) is 9.35. The number of nitrogens with zero attached hydrogens (tertiary/aromatic N) is 2. The molecule has 144 valence electrons. The van der Waals surface area contributed by atoms with Gasteiger partial charge in [0.05, 0.1) is 22.1 Å². The zero-order valence-corrected chi connectivity index (χ0v) is 18.4. The Bertz CT molecular complexity index is 1060. The lowest BCUT2D eigenvalue weighted by Gasteiger charge is -2.18. The van der Waals surface area contributed by atoms with E-state index >= 15 is 0 Å². The van der Waals surface area contributed by atoms with Crippen LogP contribution in [0.4, 0.5) is 11.4 Å². The van der Waals surface area contributed by atoms with Gasteiger partial charge in [0.2, 0.25) is 0 Å². The topological polar surface area (TPSA) is 28.7 Å². The average molecular weight is 484 g/mol. The standard InChI is InChI=1S/C23H16BrClN2OS/c24-22-15-20(28-23(22)29-21-13-11-17(25)12-14-21)16-26-27(18-7-3-1-4-8-18)19-9-5-2-6-10-19/h1-16H/b26-16+. The number of hydrazone groups is 1. The zero-order chi connectivity index (χ0) is 20.1. The normalized spacial score (nSPS) is 11.1. The van der Waals surface area contributed by atoms with Crippen molar-refractivity contribution < 1.29 is 4.42 Å². The molecule has 0 atom stereocenters.